The Bertz CT molecular complexity index is 524. The number of halogens is 2. The molecule has 2 aromatic rings. The maximum absolute atomic E-state index is 6.00. The molecular weight excluding hydrogens is 275 g/mol. The lowest BCUT2D eigenvalue weighted by molar-refractivity contribution is 0.675. The van der Waals surface area contributed by atoms with E-state index in [1.54, 1.807) is 0 Å². The molecule has 1 unspecified atom stereocenters. The maximum atomic E-state index is 6.00. The zero-order chi connectivity index (χ0) is 13.5. The Balaban J connectivity index is 2.05. The van der Waals surface area contributed by atoms with E-state index in [0.717, 1.165) is 16.0 Å². The molecule has 0 heterocycles. The normalized spacial score (nSPS) is 20.3. The second-order valence-electron chi connectivity index (χ2n) is 5.29. The molecule has 3 rings (SSSR count). The SMILES string of the molecule is CCC1CC1(c1ccc(Cl)cc1)c1ccc(Cl)cc1. The third-order valence-corrected chi connectivity index (χ3v) is 4.82. The molecule has 1 aliphatic carbocycles. The van der Waals surface area contributed by atoms with Crippen LogP contribution in [0.3, 0.4) is 0 Å². The van der Waals surface area contributed by atoms with E-state index in [-0.39, 0.29) is 5.41 Å². The van der Waals surface area contributed by atoms with Crippen LogP contribution in [0.5, 0.6) is 0 Å². The van der Waals surface area contributed by atoms with Crippen molar-refractivity contribution in [2.24, 2.45) is 5.92 Å². The predicted molar refractivity (Wildman–Crippen MR) is 82.1 cm³/mol. The third kappa shape index (κ3) is 2.17. The van der Waals surface area contributed by atoms with Crippen LogP contribution in [0.4, 0.5) is 0 Å². The fourth-order valence-electron chi connectivity index (χ4n) is 3.19. The monoisotopic (exact) mass is 290 g/mol. The van der Waals surface area contributed by atoms with Crippen molar-refractivity contribution in [1.82, 2.24) is 0 Å². The highest BCUT2D eigenvalue weighted by molar-refractivity contribution is 6.30. The van der Waals surface area contributed by atoms with Gasteiger partial charge in [-0.1, -0.05) is 60.8 Å². The molecule has 0 amide bonds. The molecule has 0 bridgehead atoms. The van der Waals surface area contributed by atoms with Crippen LogP contribution in [0.2, 0.25) is 10.0 Å². The van der Waals surface area contributed by atoms with Crippen LogP contribution >= 0.6 is 23.2 Å². The summed E-state index contributed by atoms with van der Waals surface area (Å²) in [4.78, 5) is 0. The number of benzene rings is 2. The van der Waals surface area contributed by atoms with Gasteiger partial charge >= 0.3 is 0 Å². The van der Waals surface area contributed by atoms with Gasteiger partial charge in [0.25, 0.3) is 0 Å². The second kappa shape index (κ2) is 4.85. The summed E-state index contributed by atoms with van der Waals surface area (Å²) in [6.07, 6.45) is 2.41. The van der Waals surface area contributed by atoms with Crippen molar-refractivity contribution < 1.29 is 0 Å². The van der Waals surface area contributed by atoms with Crippen molar-refractivity contribution in [3.63, 3.8) is 0 Å². The average molecular weight is 291 g/mol. The van der Waals surface area contributed by atoms with E-state index in [1.165, 1.54) is 24.0 Å². The Hall–Kier alpha value is -0.980. The first-order valence-electron chi connectivity index (χ1n) is 6.69. The lowest BCUT2D eigenvalue weighted by Crippen LogP contribution is -2.12. The summed E-state index contributed by atoms with van der Waals surface area (Å²) in [5.41, 5.74) is 2.90. The molecule has 0 saturated heterocycles. The zero-order valence-electron chi connectivity index (χ0n) is 10.9. The quantitative estimate of drug-likeness (QED) is 0.679. The van der Waals surface area contributed by atoms with Crippen LogP contribution in [-0.2, 0) is 5.41 Å². The van der Waals surface area contributed by atoms with Crippen LogP contribution in [0, 0.1) is 5.92 Å². The van der Waals surface area contributed by atoms with Crippen molar-refractivity contribution >= 4 is 23.2 Å². The van der Waals surface area contributed by atoms with Gasteiger partial charge in [0, 0.05) is 15.5 Å². The minimum atomic E-state index is 0.171. The molecule has 2 heteroatoms. The van der Waals surface area contributed by atoms with Gasteiger partial charge in [0.15, 0.2) is 0 Å². The third-order valence-electron chi connectivity index (χ3n) is 4.32. The first-order chi connectivity index (χ1) is 9.16. The summed E-state index contributed by atoms with van der Waals surface area (Å²) in [5.74, 6) is 0.717. The second-order valence-corrected chi connectivity index (χ2v) is 6.17. The standard InChI is InChI=1S/C17H16Cl2/c1-2-12-11-17(12,13-3-7-15(18)8-4-13)14-5-9-16(19)10-6-14/h3-10,12H,2,11H2,1H3. The topological polar surface area (TPSA) is 0 Å². The van der Waals surface area contributed by atoms with Crippen molar-refractivity contribution in [3.8, 4) is 0 Å². The first-order valence-corrected chi connectivity index (χ1v) is 7.44. The van der Waals surface area contributed by atoms with Gasteiger partial charge in [-0.2, -0.15) is 0 Å². The fourth-order valence-corrected chi connectivity index (χ4v) is 3.44. The van der Waals surface area contributed by atoms with E-state index in [9.17, 15) is 0 Å². The minimum Gasteiger partial charge on any atom is -0.0843 e. The van der Waals surface area contributed by atoms with Gasteiger partial charge in [-0.05, 0) is 47.7 Å². The van der Waals surface area contributed by atoms with Gasteiger partial charge in [0.1, 0.15) is 0 Å². The fraction of sp³-hybridized carbons (Fsp3) is 0.294. The summed E-state index contributed by atoms with van der Waals surface area (Å²) < 4.78 is 0. The highest BCUT2D eigenvalue weighted by atomic mass is 35.5. The highest BCUT2D eigenvalue weighted by Crippen LogP contribution is 2.60. The van der Waals surface area contributed by atoms with Crippen molar-refractivity contribution in [2.45, 2.75) is 25.2 Å². The lowest BCUT2D eigenvalue weighted by atomic mass is 9.85. The largest absolute Gasteiger partial charge is 0.0843 e. The van der Waals surface area contributed by atoms with Crippen molar-refractivity contribution in [2.75, 3.05) is 0 Å². The first kappa shape index (κ1) is 13.0. The molecular formula is C17H16Cl2. The summed E-state index contributed by atoms with van der Waals surface area (Å²) in [6, 6.07) is 16.6. The molecule has 2 aromatic carbocycles. The van der Waals surface area contributed by atoms with E-state index < -0.39 is 0 Å². The van der Waals surface area contributed by atoms with E-state index in [1.807, 2.05) is 24.3 Å². The summed E-state index contributed by atoms with van der Waals surface area (Å²) in [6.45, 7) is 2.26. The molecule has 0 N–H and O–H groups in total. The Labute approximate surface area is 124 Å². The van der Waals surface area contributed by atoms with Gasteiger partial charge in [0.2, 0.25) is 0 Å². The summed E-state index contributed by atoms with van der Waals surface area (Å²) >= 11 is 12.0. The van der Waals surface area contributed by atoms with Crippen molar-refractivity contribution in [3.05, 3.63) is 69.7 Å². The van der Waals surface area contributed by atoms with E-state index >= 15 is 0 Å². The van der Waals surface area contributed by atoms with E-state index in [0.29, 0.717) is 0 Å². The molecule has 1 atom stereocenters. The number of hydrogen-bond acceptors (Lipinski definition) is 0. The smallest absolute Gasteiger partial charge is 0.0406 e. The number of rotatable bonds is 3. The summed E-state index contributed by atoms with van der Waals surface area (Å²) in [5, 5.41) is 1.59. The Morgan fingerprint density at radius 2 is 1.32 bits per heavy atom. The molecule has 0 spiro atoms. The molecule has 0 aromatic heterocycles. The average Bonchev–Trinajstić information content (AvgIpc) is 3.16. The van der Waals surface area contributed by atoms with Gasteiger partial charge in [0.05, 0.1) is 0 Å². The molecule has 1 saturated carbocycles. The molecule has 1 fully saturated rings. The highest BCUT2D eigenvalue weighted by Gasteiger charge is 2.54. The Morgan fingerprint density at radius 3 is 1.63 bits per heavy atom. The molecule has 0 aliphatic heterocycles. The molecule has 98 valence electrons. The van der Waals surface area contributed by atoms with Crippen LogP contribution < -0.4 is 0 Å². The van der Waals surface area contributed by atoms with Gasteiger partial charge in [-0.3, -0.25) is 0 Å². The van der Waals surface area contributed by atoms with E-state index in [4.69, 9.17) is 23.2 Å². The van der Waals surface area contributed by atoms with Crippen LogP contribution in [0.15, 0.2) is 48.5 Å². The Morgan fingerprint density at radius 1 is 0.895 bits per heavy atom. The van der Waals surface area contributed by atoms with Crippen LogP contribution in [0.1, 0.15) is 30.9 Å². The van der Waals surface area contributed by atoms with Gasteiger partial charge in [-0.25, -0.2) is 0 Å². The van der Waals surface area contributed by atoms with Gasteiger partial charge in [-0.15, -0.1) is 0 Å². The predicted octanol–water partition coefficient (Wildman–Crippen LogP) is 5.71. The molecule has 19 heavy (non-hydrogen) atoms. The zero-order valence-corrected chi connectivity index (χ0v) is 12.4. The Kier molecular flexibility index (Phi) is 3.32. The minimum absolute atomic E-state index is 0.171. The van der Waals surface area contributed by atoms with E-state index in [2.05, 4.69) is 31.2 Å². The molecule has 0 nitrogen and oxygen atoms in total. The molecule has 1 aliphatic rings. The number of hydrogen-bond donors (Lipinski definition) is 0. The van der Waals surface area contributed by atoms with Crippen LogP contribution in [0.25, 0.3) is 0 Å². The van der Waals surface area contributed by atoms with Crippen LogP contribution in [-0.4, -0.2) is 0 Å². The summed E-state index contributed by atoms with van der Waals surface area (Å²) in [7, 11) is 0. The van der Waals surface area contributed by atoms with Gasteiger partial charge < -0.3 is 0 Å². The maximum Gasteiger partial charge on any atom is 0.0406 e. The lowest BCUT2D eigenvalue weighted by Gasteiger charge is -2.19. The molecule has 0 radical (unpaired) electrons. The van der Waals surface area contributed by atoms with Crippen molar-refractivity contribution in [1.29, 1.82) is 0 Å².